The van der Waals surface area contributed by atoms with Crippen LogP contribution in [0.2, 0.25) is 10.0 Å². The fraction of sp³-hybridized carbons (Fsp3) is 0.0385. The van der Waals surface area contributed by atoms with Gasteiger partial charge in [-0.15, -0.1) is 0 Å². The first-order chi connectivity index (χ1) is 54.1. The Labute approximate surface area is 666 Å². The van der Waals surface area contributed by atoms with E-state index in [9.17, 15) is 84.4 Å². The maximum Gasteiger partial charge on any atom is 0.270 e. The number of ketones is 3. The minimum absolute atomic E-state index is 0.0315. The first-order valence-electron chi connectivity index (χ1n) is 33.0. The van der Waals surface area contributed by atoms with Gasteiger partial charge < -0.3 is 16.0 Å². The molecule has 0 fully saturated rings. The maximum atomic E-state index is 13.1. The monoisotopic (exact) mass is 1690 g/mol. The Morgan fingerprint density at radius 2 is 0.658 bits per heavy atom. The molecule has 0 aliphatic carbocycles. The number of anilines is 3. The second-order valence-electron chi connectivity index (χ2n) is 24.4. The molecule has 0 unspecified atom stereocenters. The summed E-state index contributed by atoms with van der Waals surface area (Å²) in [6.45, 7) is 0. The van der Waals surface area contributed by atoms with E-state index < -0.39 is 68.3 Å². The zero-order valence-electron chi connectivity index (χ0n) is 58.5. The van der Waals surface area contributed by atoms with Gasteiger partial charge in [-0.05, 0) is 110 Å². The number of nitrogens with two attached hydrogens (primary N) is 3. The van der Waals surface area contributed by atoms with Gasteiger partial charge in [0.1, 0.15) is 17.5 Å². The van der Waals surface area contributed by atoms with E-state index in [0.717, 1.165) is 12.1 Å². The second-order valence-corrected chi connectivity index (χ2v) is 30.8. The number of Topliss-reactive ketones (excluding diaryl/α,β-unsaturated/α-hetero) is 3. The summed E-state index contributed by atoms with van der Waals surface area (Å²) >= 11 is 14.9. The third-order valence-electron chi connectivity index (χ3n) is 16.7. The van der Waals surface area contributed by atoms with Gasteiger partial charge in [0.25, 0.3) is 34.8 Å². The van der Waals surface area contributed by atoms with Crippen molar-refractivity contribution in [3.8, 4) is 33.4 Å². The van der Waals surface area contributed by atoms with E-state index >= 15 is 0 Å². The predicted molar refractivity (Wildman–Crippen MR) is 427 cm³/mol. The summed E-state index contributed by atoms with van der Waals surface area (Å²) in [7, 11) is -11.9. The molecule has 0 aliphatic rings. The number of nitrogens with one attached hydrogen (secondary N) is 3. The average Bonchev–Trinajstić information content (AvgIpc) is 0.818. The maximum absolute atomic E-state index is 13.1. The van der Waals surface area contributed by atoms with E-state index in [1.165, 1.54) is 140 Å². The number of amides is 3. The van der Waals surface area contributed by atoms with Crippen molar-refractivity contribution < 1.29 is 68.8 Å². The third kappa shape index (κ3) is 21.7. The molecule has 0 radical (unpaired) electrons. The largest absolute Gasteiger partial charge is 0.307 e. The summed E-state index contributed by atoms with van der Waals surface area (Å²) in [6.07, 6.45) is 3.44. The minimum atomic E-state index is -3.97. The number of hydrogen-bond donors (Lipinski definition) is 6. The van der Waals surface area contributed by atoms with Crippen LogP contribution >= 0.6 is 39.1 Å². The number of hydrogen-bond acceptors (Lipinski definition) is 21. The van der Waals surface area contributed by atoms with Crippen molar-refractivity contribution in [2.45, 2.75) is 33.9 Å². The zero-order chi connectivity index (χ0) is 82.3. The van der Waals surface area contributed by atoms with Gasteiger partial charge in [-0.1, -0.05) is 163 Å². The number of aromatic nitrogens is 3. The number of benzene rings is 9. The van der Waals surface area contributed by atoms with E-state index in [-0.39, 0.29) is 113 Å². The lowest BCUT2D eigenvalue weighted by Gasteiger charge is -2.11. The molecule has 0 atom stereocenters. The van der Waals surface area contributed by atoms with Crippen molar-refractivity contribution in [1.82, 2.24) is 15.0 Å². The van der Waals surface area contributed by atoms with Crippen molar-refractivity contribution in [3.05, 3.63) is 350 Å². The summed E-state index contributed by atoms with van der Waals surface area (Å²) in [5, 5.41) is 58.3. The average molecular weight is 1700 g/mol. The SMILES string of the molecule is NS(=O)(=O)c1ccccc1-c1ccc(C(=O)Cc2cc([N+](=O)[O-])ccc2C(=O)Nc2ccc(Cl)cn2)cc1.NS(=O)(=O)c1ccccc1-c1ccc(C(=O)Cc2ccc([N+](=O)[O-])cc2C(=O)Nc2ccc(Br)cn2)cc1.NS(=O)(=O)c1ccccc1-c1ccc(C(=O)Cc2ccc([N+](=O)[O-])cc2C(=O)Nc2ccc(Cl)cn2)cc1. The van der Waals surface area contributed by atoms with E-state index in [1.807, 2.05) is 0 Å². The number of nitro groups is 3. The predicted octanol–water partition coefficient (Wildman–Crippen LogP) is 14.0. The van der Waals surface area contributed by atoms with Crippen molar-refractivity contribution >= 4 is 139 Å². The number of carbonyl (C=O) groups is 6. The summed E-state index contributed by atoms with van der Waals surface area (Å²) in [6, 6.07) is 57.6. The molecule has 576 valence electrons. The molecule has 12 rings (SSSR count). The molecule has 12 aromatic rings. The van der Waals surface area contributed by atoms with Crippen LogP contribution in [0.5, 0.6) is 0 Å². The molecule has 0 saturated carbocycles. The fourth-order valence-electron chi connectivity index (χ4n) is 11.2. The number of nitrogens with zero attached hydrogens (tertiary/aromatic N) is 6. The van der Waals surface area contributed by atoms with E-state index in [4.69, 9.17) is 38.6 Å². The van der Waals surface area contributed by atoms with Crippen LogP contribution in [0.4, 0.5) is 34.5 Å². The van der Waals surface area contributed by atoms with Crippen molar-refractivity contribution in [2.24, 2.45) is 15.4 Å². The molecule has 114 heavy (non-hydrogen) atoms. The second kappa shape index (κ2) is 36.3. The van der Waals surface area contributed by atoms with Gasteiger partial charge in [-0.25, -0.2) is 55.6 Å². The van der Waals surface area contributed by atoms with Gasteiger partial charge in [0.2, 0.25) is 30.1 Å². The minimum Gasteiger partial charge on any atom is -0.307 e. The molecule has 0 spiro atoms. The highest BCUT2D eigenvalue weighted by atomic mass is 79.9. The van der Waals surface area contributed by atoms with E-state index in [0.29, 0.717) is 64.6 Å². The molecule has 36 heteroatoms. The van der Waals surface area contributed by atoms with Gasteiger partial charge in [-0.2, -0.15) is 0 Å². The summed E-state index contributed by atoms with van der Waals surface area (Å²) in [4.78, 5) is 122. The number of primary sulfonamides is 3. The molecule has 0 aliphatic heterocycles. The van der Waals surface area contributed by atoms with Crippen LogP contribution in [0.15, 0.2) is 274 Å². The molecule has 30 nitrogen and oxygen atoms in total. The van der Waals surface area contributed by atoms with Crippen molar-refractivity contribution in [2.75, 3.05) is 16.0 Å². The molecule has 3 amide bonds. The molecule has 3 heterocycles. The van der Waals surface area contributed by atoms with Crippen LogP contribution in [-0.2, 0) is 49.3 Å². The first kappa shape index (κ1) is 83.3. The Kier molecular flexibility index (Phi) is 26.6. The lowest BCUT2D eigenvalue weighted by atomic mass is 9.96. The topological polar surface area (TPSA) is 487 Å². The van der Waals surface area contributed by atoms with Gasteiger partial charge in [0, 0.05) is 118 Å². The highest BCUT2D eigenvalue weighted by Gasteiger charge is 2.26. The van der Waals surface area contributed by atoms with Crippen LogP contribution in [-0.4, -0.2) is 90.0 Å². The van der Waals surface area contributed by atoms with Crippen molar-refractivity contribution in [1.29, 1.82) is 0 Å². The molecule has 9 aromatic carbocycles. The number of nitro benzene ring substituents is 3. The van der Waals surface area contributed by atoms with Crippen LogP contribution in [0, 0.1) is 30.3 Å². The van der Waals surface area contributed by atoms with Gasteiger partial charge in [0.15, 0.2) is 17.3 Å². The summed E-state index contributed by atoms with van der Waals surface area (Å²) < 4.78 is 72.3. The Balaban J connectivity index is 0.000000181. The van der Waals surface area contributed by atoms with Crippen LogP contribution in [0.25, 0.3) is 33.4 Å². The molecule has 0 bridgehead atoms. The van der Waals surface area contributed by atoms with Crippen LogP contribution in [0.3, 0.4) is 0 Å². The zero-order valence-corrected chi connectivity index (χ0v) is 64.0. The Bertz CT molecular complexity index is 5910. The summed E-state index contributed by atoms with van der Waals surface area (Å²) in [5.41, 5.74) is 3.45. The van der Waals surface area contributed by atoms with Crippen LogP contribution in [0.1, 0.15) is 78.8 Å². The van der Waals surface area contributed by atoms with Crippen molar-refractivity contribution in [3.63, 3.8) is 0 Å². The molecule has 9 N–H and O–H groups in total. The smallest absolute Gasteiger partial charge is 0.270 e. The Morgan fingerprint density at radius 3 is 0.965 bits per heavy atom. The first-order valence-corrected chi connectivity index (χ1v) is 39.1. The van der Waals surface area contributed by atoms with Gasteiger partial charge >= 0.3 is 0 Å². The fourth-order valence-corrected chi connectivity index (χ4v) is 14.0. The molecule has 0 saturated heterocycles. The lowest BCUT2D eigenvalue weighted by molar-refractivity contribution is -0.385. The number of halogens is 3. The van der Waals surface area contributed by atoms with Crippen LogP contribution < -0.4 is 31.4 Å². The standard InChI is InChI=1S/C26H19BrN4O6S.2C26H19ClN4O6S/c27-19-10-12-25(29-15-19)30-26(33)22-14-20(31(34)35)11-9-18(22)13-23(32)17-7-5-16(6-8-17)21-3-1-2-4-24(21)38(28,36)37;27-19-9-12-25(29-15-19)30-26(33)22-11-10-20(31(34)35)13-18(22)14-23(32)17-7-5-16(6-8-17)21-3-1-2-4-24(21)38(28,36)37;27-19-10-12-25(29-15-19)30-26(33)22-14-20(31(34)35)11-9-18(22)13-23(32)17-7-5-16(6-8-17)21-3-1-2-4-24(21)38(28,36)37/h1-12,14-15H,13H2,(H2,28,36,37)(H,29,30,33);1-13,15H,14H2,(H2,28,36,37)(H,29,30,33);1-12,14-15H,13H2,(H2,28,36,37)(H,29,30,33). The quantitative estimate of drug-likeness (QED) is 0.0186. The highest BCUT2D eigenvalue weighted by Crippen LogP contribution is 2.33. The summed E-state index contributed by atoms with van der Waals surface area (Å²) in [5.74, 6) is -2.42. The third-order valence-corrected chi connectivity index (χ3v) is 20.6. The van der Waals surface area contributed by atoms with Gasteiger partial charge in [0.05, 0.1) is 50.6 Å². The normalized spacial score (nSPS) is 11.1. The number of rotatable bonds is 24. The van der Waals surface area contributed by atoms with E-state index in [2.05, 4.69) is 46.8 Å². The Hall–Kier alpha value is -13.2. The van der Waals surface area contributed by atoms with E-state index in [1.54, 1.807) is 103 Å². The number of pyridine rings is 3. The molecule has 3 aromatic heterocycles. The number of non-ortho nitro benzene ring substituents is 3. The van der Waals surface area contributed by atoms with Gasteiger partial charge in [-0.3, -0.25) is 59.1 Å². The number of sulfonamides is 3. The molecular formula is C78H57BrCl2N12O18S3. The lowest BCUT2D eigenvalue weighted by Crippen LogP contribution is -2.17. The number of carbonyl (C=O) groups excluding carboxylic acids is 6. The highest BCUT2D eigenvalue weighted by molar-refractivity contribution is 9.10. The Morgan fingerprint density at radius 1 is 0.360 bits per heavy atom. The molecular weight excluding hydrogens is 1640 g/mol.